The third-order valence-corrected chi connectivity index (χ3v) is 3.26. The fraction of sp³-hybridized carbons (Fsp3) is 0.294. The average Bonchev–Trinajstić information content (AvgIpc) is 2.54. The smallest absolute Gasteiger partial charge is 0.305 e. The Kier molecular flexibility index (Phi) is 5.32. The molecule has 21 heavy (non-hydrogen) atoms. The summed E-state index contributed by atoms with van der Waals surface area (Å²) in [4.78, 5) is 15.1. The lowest BCUT2D eigenvalue weighted by molar-refractivity contribution is -0.140. The highest BCUT2D eigenvalue weighted by Crippen LogP contribution is 2.21. The highest BCUT2D eigenvalue weighted by molar-refractivity contribution is 5.69. The van der Waals surface area contributed by atoms with E-state index in [1.165, 1.54) is 7.11 Å². The molecule has 110 valence electrons. The molecule has 0 spiro atoms. The number of ether oxygens (including phenoxy) is 2. The van der Waals surface area contributed by atoms with Crippen LogP contribution in [-0.2, 0) is 16.0 Å². The maximum absolute atomic E-state index is 11.1. The van der Waals surface area contributed by atoms with E-state index in [0.29, 0.717) is 12.8 Å². The van der Waals surface area contributed by atoms with Crippen LogP contribution in [-0.4, -0.2) is 18.1 Å². The van der Waals surface area contributed by atoms with Crippen LogP contribution in [0.5, 0.6) is 5.75 Å². The van der Waals surface area contributed by atoms with E-state index < -0.39 is 0 Å². The van der Waals surface area contributed by atoms with Crippen molar-refractivity contribution in [3.8, 4) is 5.75 Å². The van der Waals surface area contributed by atoms with E-state index in [4.69, 9.17) is 4.74 Å². The lowest BCUT2D eigenvalue weighted by atomic mass is 10.1. The number of aromatic nitrogens is 1. The van der Waals surface area contributed by atoms with E-state index >= 15 is 0 Å². The number of benzene rings is 1. The summed E-state index contributed by atoms with van der Waals surface area (Å²) >= 11 is 0. The van der Waals surface area contributed by atoms with Crippen LogP contribution in [0.15, 0.2) is 48.8 Å². The summed E-state index contributed by atoms with van der Waals surface area (Å²) in [6, 6.07) is 11.7. The number of pyridine rings is 1. The van der Waals surface area contributed by atoms with Gasteiger partial charge in [0.05, 0.1) is 7.11 Å². The van der Waals surface area contributed by atoms with Gasteiger partial charge in [-0.1, -0.05) is 12.1 Å². The molecule has 0 saturated carbocycles. The van der Waals surface area contributed by atoms with Crippen LogP contribution in [0, 0.1) is 0 Å². The normalized spacial score (nSPS) is 11.7. The minimum atomic E-state index is -0.193. The standard InChI is InChI=1S/C17H19NO3/c1-13(15-9-11-18-12-10-15)21-16-6-3-14(4-7-16)5-8-17(19)20-2/h3-4,6-7,9-13H,5,8H2,1-2H3. The quantitative estimate of drug-likeness (QED) is 0.764. The molecule has 0 fully saturated rings. The van der Waals surface area contributed by atoms with Gasteiger partial charge in [0.15, 0.2) is 0 Å². The summed E-state index contributed by atoms with van der Waals surface area (Å²) in [6.45, 7) is 2.00. The molecule has 0 bridgehead atoms. The van der Waals surface area contributed by atoms with Gasteiger partial charge in [0.1, 0.15) is 11.9 Å². The Morgan fingerprint density at radius 1 is 1.14 bits per heavy atom. The summed E-state index contributed by atoms with van der Waals surface area (Å²) in [6.07, 6.45) is 4.54. The molecule has 0 aliphatic carbocycles. The van der Waals surface area contributed by atoms with Crippen molar-refractivity contribution in [3.63, 3.8) is 0 Å². The van der Waals surface area contributed by atoms with E-state index in [9.17, 15) is 4.79 Å². The van der Waals surface area contributed by atoms with E-state index in [2.05, 4.69) is 9.72 Å². The predicted octanol–water partition coefficient (Wildman–Crippen LogP) is 3.33. The lowest BCUT2D eigenvalue weighted by Crippen LogP contribution is -2.03. The van der Waals surface area contributed by atoms with Gasteiger partial charge in [0.2, 0.25) is 0 Å². The number of nitrogens with zero attached hydrogens (tertiary/aromatic N) is 1. The van der Waals surface area contributed by atoms with E-state index in [1.807, 2.05) is 43.3 Å². The third-order valence-electron chi connectivity index (χ3n) is 3.26. The van der Waals surface area contributed by atoms with Gasteiger partial charge in [-0.25, -0.2) is 0 Å². The molecule has 0 aliphatic heterocycles. The Balaban J connectivity index is 1.92. The third kappa shape index (κ3) is 4.60. The van der Waals surface area contributed by atoms with Gasteiger partial charge in [-0.05, 0) is 48.7 Å². The molecule has 4 nitrogen and oxygen atoms in total. The Hall–Kier alpha value is -2.36. The number of methoxy groups -OCH3 is 1. The monoisotopic (exact) mass is 285 g/mol. The van der Waals surface area contributed by atoms with Gasteiger partial charge >= 0.3 is 5.97 Å². The van der Waals surface area contributed by atoms with Crippen LogP contribution in [0.3, 0.4) is 0 Å². The summed E-state index contributed by atoms with van der Waals surface area (Å²) in [7, 11) is 1.40. The van der Waals surface area contributed by atoms with Crippen molar-refractivity contribution in [3.05, 3.63) is 59.9 Å². The summed E-state index contributed by atoms with van der Waals surface area (Å²) in [5.41, 5.74) is 2.17. The van der Waals surface area contributed by atoms with Crippen LogP contribution in [0.25, 0.3) is 0 Å². The number of carbonyl (C=O) groups excluding carboxylic acids is 1. The summed E-state index contributed by atoms with van der Waals surface area (Å²) < 4.78 is 10.5. The zero-order valence-electron chi connectivity index (χ0n) is 12.3. The first-order valence-electron chi connectivity index (χ1n) is 6.91. The molecule has 0 radical (unpaired) electrons. The molecule has 0 N–H and O–H groups in total. The molecule has 1 unspecified atom stereocenters. The van der Waals surface area contributed by atoms with Gasteiger partial charge in [-0.15, -0.1) is 0 Å². The molecule has 1 atom stereocenters. The zero-order chi connectivity index (χ0) is 15.1. The number of esters is 1. The van der Waals surface area contributed by atoms with Crippen molar-refractivity contribution in [1.82, 2.24) is 4.98 Å². The number of hydrogen-bond donors (Lipinski definition) is 0. The van der Waals surface area contributed by atoms with Crippen molar-refractivity contribution < 1.29 is 14.3 Å². The molecular formula is C17H19NO3. The Bertz CT molecular complexity index is 566. The van der Waals surface area contributed by atoms with Crippen LogP contribution in [0.1, 0.15) is 30.6 Å². The van der Waals surface area contributed by atoms with E-state index in [1.54, 1.807) is 12.4 Å². The molecule has 2 rings (SSSR count). The van der Waals surface area contributed by atoms with Gasteiger partial charge in [-0.3, -0.25) is 9.78 Å². The average molecular weight is 285 g/mol. The molecule has 4 heteroatoms. The maximum atomic E-state index is 11.1. The van der Waals surface area contributed by atoms with Crippen molar-refractivity contribution in [1.29, 1.82) is 0 Å². The second-order valence-electron chi connectivity index (χ2n) is 4.76. The first-order chi connectivity index (χ1) is 10.2. The second kappa shape index (κ2) is 7.43. The fourth-order valence-electron chi connectivity index (χ4n) is 1.99. The lowest BCUT2D eigenvalue weighted by Gasteiger charge is -2.15. The molecular weight excluding hydrogens is 266 g/mol. The molecule has 1 aromatic heterocycles. The molecule has 2 aromatic rings. The van der Waals surface area contributed by atoms with Crippen molar-refractivity contribution >= 4 is 5.97 Å². The van der Waals surface area contributed by atoms with E-state index in [-0.39, 0.29) is 12.1 Å². The second-order valence-corrected chi connectivity index (χ2v) is 4.76. The fourth-order valence-corrected chi connectivity index (χ4v) is 1.99. The zero-order valence-corrected chi connectivity index (χ0v) is 12.3. The Labute approximate surface area is 124 Å². The van der Waals surface area contributed by atoms with Gasteiger partial charge in [0.25, 0.3) is 0 Å². The number of rotatable bonds is 6. The SMILES string of the molecule is COC(=O)CCc1ccc(OC(C)c2ccncc2)cc1. The van der Waals surface area contributed by atoms with Crippen LogP contribution in [0.4, 0.5) is 0 Å². The summed E-state index contributed by atoms with van der Waals surface area (Å²) in [5, 5.41) is 0. The van der Waals surface area contributed by atoms with Gasteiger partial charge < -0.3 is 9.47 Å². The largest absolute Gasteiger partial charge is 0.486 e. The Morgan fingerprint density at radius 3 is 2.43 bits per heavy atom. The molecule has 0 aliphatic rings. The first-order valence-corrected chi connectivity index (χ1v) is 6.91. The predicted molar refractivity (Wildman–Crippen MR) is 80.1 cm³/mol. The molecule has 0 amide bonds. The highest BCUT2D eigenvalue weighted by Gasteiger charge is 2.07. The minimum absolute atomic E-state index is 0.0334. The summed E-state index contributed by atoms with van der Waals surface area (Å²) in [5.74, 6) is 0.614. The number of hydrogen-bond acceptors (Lipinski definition) is 4. The first kappa shape index (κ1) is 15.0. The number of aryl methyl sites for hydroxylation is 1. The molecule has 1 aromatic carbocycles. The van der Waals surface area contributed by atoms with E-state index in [0.717, 1.165) is 16.9 Å². The Morgan fingerprint density at radius 2 is 1.81 bits per heavy atom. The van der Waals surface area contributed by atoms with Gasteiger partial charge in [0, 0.05) is 18.8 Å². The molecule has 0 saturated heterocycles. The van der Waals surface area contributed by atoms with Crippen molar-refractivity contribution in [2.45, 2.75) is 25.9 Å². The maximum Gasteiger partial charge on any atom is 0.305 e. The van der Waals surface area contributed by atoms with Crippen LogP contribution < -0.4 is 4.74 Å². The number of carbonyl (C=O) groups is 1. The highest BCUT2D eigenvalue weighted by atomic mass is 16.5. The molecule has 1 heterocycles. The van der Waals surface area contributed by atoms with Crippen LogP contribution in [0.2, 0.25) is 0 Å². The minimum Gasteiger partial charge on any atom is -0.486 e. The van der Waals surface area contributed by atoms with Crippen molar-refractivity contribution in [2.75, 3.05) is 7.11 Å². The van der Waals surface area contributed by atoms with Crippen molar-refractivity contribution in [2.24, 2.45) is 0 Å². The topological polar surface area (TPSA) is 48.4 Å². The van der Waals surface area contributed by atoms with Crippen LogP contribution >= 0.6 is 0 Å². The van der Waals surface area contributed by atoms with Gasteiger partial charge in [-0.2, -0.15) is 0 Å².